The van der Waals surface area contributed by atoms with Gasteiger partial charge in [-0.2, -0.15) is 0 Å². The zero-order valence-corrected chi connectivity index (χ0v) is 22.1. The predicted molar refractivity (Wildman–Crippen MR) is 148 cm³/mol. The predicted octanol–water partition coefficient (Wildman–Crippen LogP) is 6.51. The van der Waals surface area contributed by atoms with Crippen molar-refractivity contribution in [3.8, 4) is 11.3 Å². The topological polar surface area (TPSA) is 64.0 Å². The average Bonchev–Trinajstić information content (AvgIpc) is 2.87. The van der Waals surface area contributed by atoms with E-state index in [1.165, 1.54) is 23.7 Å². The van der Waals surface area contributed by atoms with Crippen molar-refractivity contribution in [1.29, 1.82) is 0 Å². The van der Waals surface area contributed by atoms with Crippen LogP contribution in [0.3, 0.4) is 0 Å². The molecule has 0 atom stereocenters. The van der Waals surface area contributed by atoms with Crippen molar-refractivity contribution in [1.82, 2.24) is 9.55 Å². The first kappa shape index (κ1) is 24.8. The Hall–Kier alpha value is -2.86. The van der Waals surface area contributed by atoms with Crippen molar-refractivity contribution in [2.45, 2.75) is 82.3 Å². The number of fused-ring (bicyclic) bond motifs is 4. The first-order valence-corrected chi connectivity index (χ1v) is 14.2. The molecule has 1 N–H and O–H groups in total. The quantitative estimate of drug-likeness (QED) is 0.296. The molecule has 2 aliphatic rings. The zero-order chi connectivity index (χ0) is 25.1. The third-order valence-electron chi connectivity index (χ3n) is 7.65. The van der Waals surface area contributed by atoms with Crippen molar-refractivity contribution < 1.29 is 4.79 Å². The van der Waals surface area contributed by atoms with Crippen LogP contribution in [0.5, 0.6) is 0 Å². The summed E-state index contributed by atoms with van der Waals surface area (Å²) in [6.07, 6.45) is 8.47. The van der Waals surface area contributed by atoms with Crippen LogP contribution in [0.25, 0.3) is 11.3 Å². The molecule has 0 unspecified atom stereocenters. The Labute approximate surface area is 217 Å². The standard InChI is InChI=1S/C30H35N3O2S/c1-3-4-17-33-28(35)26-27(24-14-7-6-12-22(24)19-30(26)15-8-5-9-16-30)32-29(33)36-20-25(34)31-23-13-10-11-21(2)18-23/h6-7,10-14,18H,3-5,8-9,15-17,19-20H2,1-2H3,(H,31,34). The van der Waals surface area contributed by atoms with Crippen LogP contribution in [0.1, 0.15) is 68.6 Å². The molecule has 6 heteroatoms. The minimum atomic E-state index is -0.119. The van der Waals surface area contributed by atoms with Crippen molar-refractivity contribution in [3.05, 3.63) is 75.6 Å². The van der Waals surface area contributed by atoms with E-state index in [1.54, 1.807) is 0 Å². The van der Waals surface area contributed by atoms with Crippen LogP contribution < -0.4 is 10.9 Å². The molecule has 0 radical (unpaired) electrons. The fraction of sp³-hybridized carbons (Fsp3) is 0.433. The number of nitrogens with zero attached hydrogens (tertiary/aromatic N) is 2. The Morgan fingerprint density at radius 3 is 2.69 bits per heavy atom. The first-order valence-electron chi connectivity index (χ1n) is 13.2. The third-order valence-corrected chi connectivity index (χ3v) is 8.62. The van der Waals surface area contributed by atoms with Crippen molar-refractivity contribution in [2.24, 2.45) is 0 Å². The molecular weight excluding hydrogens is 466 g/mol. The number of nitrogens with one attached hydrogen (secondary N) is 1. The maximum Gasteiger partial charge on any atom is 0.258 e. The molecular formula is C30H35N3O2S. The molecule has 1 heterocycles. The van der Waals surface area contributed by atoms with E-state index in [-0.39, 0.29) is 22.6 Å². The molecule has 0 saturated heterocycles. The maximum atomic E-state index is 14.2. The van der Waals surface area contributed by atoms with Crippen LogP contribution in [0.2, 0.25) is 0 Å². The fourth-order valence-corrected chi connectivity index (χ4v) is 6.71. The van der Waals surface area contributed by atoms with Gasteiger partial charge in [-0.15, -0.1) is 0 Å². The molecule has 5 nitrogen and oxygen atoms in total. The second-order valence-corrected chi connectivity index (χ2v) is 11.3. The summed E-state index contributed by atoms with van der Waals surface area (Å²) in [6.45, 7) is 4.78. The molecule has 2 aliphatic carbocycles. The number of unbranched alkanes of at least 4 members (excludes halogenated alkanes) is 1. The number of aryl methyl sites for hydroxylation is 1. The molecule has 2 aromatic carbocycles. The minimum absolute atomic E-state index is 0.0937. The van der Waals surface area contributed by atoms with Crippen molar-refractivity contribution >= 4 is 23.4 Å². The highest BCUT2D eigenvalue weighted by molar-refractivity contribution is 7.99. The fourth-order valence-electron chi connectivity index (χ4n) is 5.90. The van der Waals surface area contributed by atoms with Gasteiger partial charge in [-0.1, -0.05) is 80.8 Å². The Morgan fingerprint density at radius 2 is 1.92 bits per heavy atom. The van der Waals surface area contributed by atoms with Gasteiger partial charge in [0, 0.05) is 23.2 Å². The number of hydrogen-bond donors (Lipinski definition) is 1. The van der Waals surface area contributed by atoms with Crippen LogP contribution in [-0.4, -0.2) is 21.2 Å². The lowest BCUT2D eigenvalue weighted by Crippen LogP contribution is -2.43. The Kier molecular flexibility index (Phi) is 7.33. The smallest absolute Gasteiger partial charge is 0.258 e. The number of rotatable bonds is 7. The maximum absolute atomic E-state index is 14.2. The van der Waals surface area contributed by atoms with E-state index < -0.39 is 0 Å². The largest absolute Gasteiger partial charge is 0.325 e. The second-order valence-electron chi connectivity index (χ2n) is 10.3. The van der Waals surface area contributed by atoms with Crippen LogP contribution in [0.4, 0.5) is 5.69 Å². The van der Waals surface area contributed by atoms with Gasteiger partial charge in [-0.3, -0.25) is 14.2 Å². The monoisotopic (exact) mass is 501 g/mol. The Bertz CT molecular complexity index is 1320. The molecule has 1 fully saturated rings. The van der Waals surface area contributed by atoms with Gasteiger partial charge in [0.15, 0.2) is 5.16 Å². The lowest BCUT2D eigenvalue weighted by molar-refractivity contribution is -0.113. The molecule has 1 amide bonds. The van der Waals surface area contributed by atoms with Crippen molar-refractivity contribution in [2.75, 3.05) is 11.1 Å². The number of thioether (sulfide) groups is 1. The van der Waals surface area contributed by atoms with Gasteiger partial charge in [0.25, 0.3) is 5.56 Å². The number of benzene rings is 2. The number of hydrogen-bond acceptors (Lipinski definition) is 4. The molecule has 5 rings (SSSR count). The zero-order valence-electron chi connectivity index (χ0n) is 21.3. The number of aromatic nitrogens is 2. The van der Waals surface area contributed by atoms with E-state index in [9.17, 15) is 9.59 Å². The van der Waals surface area contributed by atoms with Gasteiger partial charge in [-0.05, 0) is 55.9 Å². The summed E-state index contributed by atoms with van der Waals surface area (Å²) in [5.74, 6) is 0.113. The highest BCUT2D eigenvalue weighted by Crippen LogP contribution is 2.48. The SMILES string of the molecule is CCCCn1c(SCC(=O)Nc2cccc(C)c2)nc2c(c1=O)C1(CCCCC1)Cc1ccccc1-2. The molecule has 0 aliphatic heterocycles. The van der Waals surface area contributed by atoms with E-state index in [0.717, 1.165) is 73.0 Å². The molecule has 1 saturated carbocycles. The molecule has 1 spiro atoms. The van der Waals surface area contributed by atoms with E-state index in [1.807, 2.05) is 41.8 Å². The molecule has 3 aromatic rings. The van der Waals surface area contributed by atoms with Gasteiger partial charge in [0.1, 0.15) is 0 Å². The summed E-state index contributed by atoms with van der Waals surface area (Å²) in [5.41, 5.74) is 6.00. The van der Waals surface area contributed by atoms with Gasteiger partial charge in [0.05, 0.1) is 17.0 Å². The van der Waals surface area contributed by atoms with Crippen LogP contribution in [0, 0.1) is 6.92 Å². The molecule has 0 bridgehead atoms. The lowest BCUT2D eigenvalue weighted by Gasteiger charge is -2.42. The Balaban J connectivity index is 1.53. The number of amides is 1. The average molecular weight is 502 g/mol. The summed E-state index contributed by atoms with van der Waals surface area (Å²) in [4.78, 5) is 32.2. The highest BCUT2D eigenvalue weighted by Gasteiger charge is 2.43. The van der Waals surface area contributed by atoms with E-state index in [2.05, 4.69) is 30.4 Å². The highest BCUT2D eigenvalue weighted by atomic mass is 32.2. The van der Waals surface area contributed by atoms with Crippen LogP contribution >= 0.6 is 11.8 Å². The Morgan fingerprint density at radius 1 is 1.11 bits per heavy atom. The number of carbonyl (C=O) groups is 1. The molecule has 1 aromatic heterocycles. The summed E-state index contributed by atoms with van der Waals surface area (Å²) in [7, 11) is 0. The number of carbonyl (C=O) groups excluding carboxylic acids is 1. The lowest BCUT2D eigenvalue weighted by atomic mass is 9.62. The molecule has 188 valence electrons. The summed E-state index contributed by atoms with van der Waals surface area (Å²) < 4.78 is 1.86. The normalized spacial score (nSPS) is 15.8. The van der Waals surface area contributed by atoms with Crippen LogP contribution in [0.15, 0.2) is 58.5 Å². The van der Waals surface area contributed by atoms with E-state index >= 15 is 0 Å². The molecule has 36 heavy (non-hydrogen) atoms. The van der Waals surface area contributed by atoms with Crippen molar-refractivity contribution in [3.63, 3.8) is 0 Å². The summed E-state index contributed by atoms with van der Waals surface area (Å²) >= 11 is 1.37. The van der Waals surface area contributed by atoms with E-state index in [4.69, 9.17) is 4.98 Å². The van der Waals surface area contributed by atoms with E-state index in [0.29, 0.717) is 11.7 Å². The van der Waals surface area contributed by atoms with Crippen LogP contribution in [-0.2, 0) is 23.2 Å². The van der Waals surface area contributed by atoms with Gasteiger partial charge < -0.3 is 5.32 Å². The van der Waals surface area contributed by atoms with Gasteiger partial charge in [0.2, 0.25) is 5.91 Å². The number of anilines is 1. The first-order chi connectivity index (χ1) is 17.5. The minimum Gasteiger partial charge on any atom is -0.325 e. The third kappa shape index (κ3) is 4.88. The van der Waals surface area contributed by atoms with Gasteiger partial charge >= 0.3 is 0 Å². The van der Waals surface area contributed by atoms with Gasteiger partial charge in [-0.25, -0.2) is 4.98 Å². The summed E-state index contributed by atoms with van der Waals surface area (Å²) in [5, 5.41) is 3.63. The summed E-state index contributed by atoms with van der Waals surface area (Å²) in [6, 6.07) is 16.2. The second kappa shape index (κ2) is 10.6.